The van der Waals surface area contributed by atoms with Gasteiger partial charge in [0.15, 0.2) is 0 Å². The highest BCUT2D eigenvalue weighted by Gasteiger charge is 2.64. The first-order chi connectivity index (χ1) is 8.98. The van der Waals surface area contributed by atoms with E-state index in [4.69, 9.17) is 5.14 Å². The van der Waals surface area contributed by atoms with Crippen LogP contribution in [0.5, 0.6) is 0 Å². The van der Waals surface area contributed by atoms with Gasteiger partial charge in [-0.25, -0.2) is 13.6 Å². The van der Waals surface area contributed by atoms with Crippen molar-refractivity contribution in [2.75, 3.05) is 6.54 Å². The Labute approximate surface area is 119 Å². The summed E-state index contributed by atoms with van der Waals surface area (Å²) in [5, 5.41) is 7.83. The lowest BCUT2D eigenvalue weighted by molar-refractivity contribution is 0.0945. The number of carbonyl (C=O) groups excluding carboxylic acids is 1. The van der Waals surface area contributed by atoms with Crippen LogP contribution in [0.2, 0.25) is 0 Å². The van der Waals surface area contributed by atoms with Crippen LogP contribution in [0.3, 0.4) is 0 Å². The largest absolute Gasteiger partial charge is 0.356 e. The summed E-state index contributed by atoms with van der Waals surface area (Å²) >= 11 is 0. The van der Waals surface area contributed by atoms with E-state index in [0.717, 1.165) is 0 Å². The van der Waals surface area contributed by atoms with Gasteiger partial charge in [0.1, 0.15) is 5.69 Å². The van der Waals surface area contributed by atoms with Crippen LogP contribution in [-0.2, 0) is 10.0 Å². The second kappa shape index (κ2) is 4.33. The fraction of sp³-hybridized carbons (Fsp3) is 0.615. The number of amides is 1. The number of hydrogen-bond acceptors (Lipinski definition) is 3. The van der Waals surface area contributed by atoms with Gasteiger partial charge in [-0.05, 0) is 22.8 Å². The van der Waals surface area contributed by atoms with E-state index in [-0.39, 0.29) is 27.3 Å². The maximum absolute atomic E-state index is 12.0. The summed E-state index contributed by atoms with van der Waals surface area (Å²) in [4.78, 5) is 14.5. The molecule has 2 rings (SSSR count). The number of nitrogens with one attached hydrogen (secondary N) is 2. The Morgan fingerprint density at radius 3 is 2.30 bits per heavy atom. The maximum Gasteiger partial charge on any atom is 0.267 e. The van der Waals surface area contributed by atoms with Crippen LogP contribution >= 0.6 is 0 Å². The molecule has 1 saturated carbocycles. The minimum absolute atomic E-state index is 0.0882. The number of sulfonamides is 1. The van der Waals surface area contributed by atoms with Crippen molar-refractivity contribution in [3.05, 3.63) is 18.0 Å². The molecule has 20 heavy (non-hydrogen) atoms. The SMILES string of the molecule is CC1(C)C(CNC(=O)c2cc(S(N)(=O)=O)c[nH]2)C1(C)C. The van der Waals surface area contributed by atoms with Crippen LogP contribution in [-0.4, -0.2) is 25.9 Å². The average Bonchev–Trinajstić information content (AvgIpc) is 2.72. The molecule has 0 aliphatic heterocycles. The third-order valence-electron chi connectivity index (χ3n) is 5.02. The Hall–Kier alpha value is -1.34. The lowest BCUT2D eigenvalue weighted by Gasteiger charge is -2.04. The van der Waals surface area contributed by atoms with Crippen molar-refractivity contribution in [1.82, 2.24) is 10.3 Å². The molecular formula is C13H21N3O3S. The van der Waals surface area contributed by atoms with E-state index in [1.165, 1.54) is 12.3 Å². The van der Waals surface area contributed by atoms with Crippen LogP contribution in [0.1, 0.15) is 38.2 Å². The number of H-pyrrole nitrogens is 1. The molecule has 1 aromatic rings. The summed E-state index contributed by atoms with van der Waals surface area (Å²) in [5.41, 5.74) is 0.592. The first-order valence-electron chi connectivity index (χ1n) is 6.47. The minimum Gasteiger partial charge on any atom is -0.356 e. The fourth-order valence-electron chi connectivity index (χ4n) is 2.80. The normalized spacial score (nSPS) is 20.6. The summed E-state index contributed by atoms with van der Waals surface area (Å²) in [7, 11) is -3.78. The zero-order chi connectivity index (χ0) is 15.3. The van der Waals surface area contributed by atoms with Gasteiger partial charge in [0.2, 0.25) is 10.0 Å². The summed E-state index contributed by atoms with van der Waals surface area (Å²) in [5.74, 6) is 0.0880. The third-order valence-corrected chi connectivity index (χ3v) is 5.91. The zero-order valence-electron chi connectivity index (χ0n) is 12.1. The maximum atomic E-state index is 12.0. The van der Waals surface area contributed by atoms with E-state index >= 15 is 0 Å². The summed E-state index contributed by atoms with van der Waals surface area (Å²) in [6.07, 6.45) is 1.22. The number of primary sulfonamides is 1. The van der Waals surface area contributed by atoms with Gasteiger partial charge >= 0.3 is 0 Å². The van der Waals surface area contributed by atoms with Crippen LogP contribution in [0.15, 0.2) is 17.2 Å². The lowest BCUT2D eigenvalue weighted by atomic mass is 10.0. The first kappa shape index (κ1) is 15.1. The smallest absolute Gasteiger partial charge is 0.267 e. The molecule has 1 amide bonds. The molecule has 0 radical (unpaired) electrons. The molecule has 0 unspecified atom stereocenters. The van der Waals surface area contributed by atoms with Crippen molar-refractivity contribution in [3.8, 4) is 0 Å². The van der Waals surface area contributed by atoms with Crippen molar-refractivity contribution >= 4 is 15.9 Å². The molecule has 0 aromatic carbocycles. The highest BCUT2D eigenvalue weighted by Crippen LogP contribution is 2.67. The zero-order valence-corrected chi connectivity index (χ0v) is 13.0. The van der Waals surface area contributed by atoms with E-state index in [1.54, 1.807) is 0 Å². The van der Waals surface area contributed by atoms with Gasteiger partial charge in [-0.1, -0.05) is 27.7 Å². The van der Waals surface area contributed by atoms with Crippen LogP contribution in [0.25, 0.3) is 0 Å². The highest BCUT2D eigenvalue weighted by molar-refractivity contribution is 7.89. The first-order valence-corrected chi connectivity index (χ1v) is 8.02. The minimum atomic E-state index is -3.78. The number of hydrogen-bond donors (Lipinski definition) is 3. The molecule has 0 atom stereocenters. The molecule has 4 N–H and O–H groups in total. The number of aromatic amines is 1. The van der Waals surface area contributed by atoms with Crippen molar-refractivity contribution in [1.29, 1.82) is 0 Å². The molecule has 6 nitrogen and oxygen atoms in total. The van der Waals surface area contributed by atoms with Crippen molar-refractivity contribution in [2.45, 2.75) is 32.6 Å². The van der Waals surface area contributed by atoms with E-state index in [1.807, 2.05) is 0 Å². The summed E-state index contributed by atoms with van der Waals surface area (Å²) < 4.78 is 22.3. The summed E-state index contributed by atoms with van der Waals surface area (Å²) in [6.45, 7) is 9.28. The number of nitrogens with two attached hydrogens (primary N) is 1. The van der Waals surface area contributed by atoms with Crippen LogP contribution < -0.4 is 10.5 Å². The molecule has 1 aliphatic rings. The number of aromatic nitrogens is 1. The second-order valence-corrected chi connectivity index (χ2v) is 8.06. The molecule has 112 valence electrons. The molecule has 0 spiro atoms. The Bertz CT molecular complexity index is 630. The molecule has 0 bridgehead atoms. The van der Waals surface area contributed by atoms with Gasteiger partial charge in [-0.15, -0.1) is 0 Å². The van der Waals surface area contributed by atoms with Crippen LogP contribution in [0.4, 0.5) is 0 Å². The topological polar surface area (TPSA) is 105 Å². The fourth-order valence-corrected chi connectivity index (χ4v) is 3.31. The quantitative estimate of drug-likeness (QED) is 0.774. The Kier molecular flexibility index (Phi) is 3.26. The lowest BCUT2D eigenvalue weighted by Crippen LogP contribution is -2.27. The number of rotatable bonds is 4. The van der Waals surface area contributed by atoms with E-state index in [0.29, 0.717) is 12.5 Å². The number of carbonyl (C=O) groups is 1. The molecule has 0 saturated heterocycles. The predicted molar refractivity (Wildman–Crippen MR) is 75.6 cm³/mol. The molecule has 1 aliphatic carbocycles. The van der Waals surface area contributed by atoms with Gasteiger partial charge in [0, 0.05) is 12.7 Å². The average molecular weight is 299 g/mol. The Morgan fingerprint density at radius 2 is 1.90 bits per heavy atom. The van der Waals surface area contributed by atoms with E-state index in [2.05, 4.69) is 38.0 Å². The predicted octanol–water partition coefficient (Wildman–Crippen LogP) is 1.07. The summed E-state index contributed by atoms with van der Waals surface area (Å²) in [6, 6.07) is 1.24. The van der Waals surface area contributed by atoms with Gasteiger partial charge in [-0.3, -0.25) is 4.79 Å². The molecule has 1 heterocycles. The second-order valence-electron chi connectivity index (χ2n) is 6.50. The molecular weight excluding hydrogens is 278 g/mol. The van der Waals surface area contributed by atoms with Crippen molar-refractivity contribution in [2.24, 2.45) is 21.9 Å². The monoisotopic (exact) mass is 299 g/mol. The van der Waals surface area contributed by atoms with Gasteiger partial charge in [0.25, 0.3) is 5.91 Å². The van der Waals surface area contributed by atoms with Gasteiger partial charge in [0.05, 0.1) is 4.90 Å². The van der Waals surface area contributed by atoms with Gasteiger partial charge in [-0.2, -0.15) is 0 Å². The van der Waals surface area contributed by atoms with Gasteiger partial charge < -0.3 is 10.3 Å². The van der Waals surface area contributed by atoms with E-state index in [9.17, 15) is 13.2 Å². The van der Waals surface area contributed by atoms with E-state index < -0.39 is 10.0 Å². The third kappa shape index (κ3) is 2.35. The van der Waals surface area contributed by atoms with Crippen LogP contribution in [0, 0.1) is 16.7 Å². The highest BCUT2D eigenvalue weighted by atomic mass is 32.2. The van der Waals surface area contributed by atoms with Crippen molar-refractivity contribution < 1.29 is 13.2 Å². The Morgan fingerprint density at radius 1 is 1.35 bits per heavy atom. The Balaban J connectivity index is 1.99. The molecule has 1 fully saturated rings. The molecule has 1 aromatic heterocycles. The molecule has 7 heteroatoms. The standard InChI is InChI=1S/C13H21N3O3S/c1-12(2)10(13(12,3)4)7-16-11(17)9-5-8(6-15-9)20(14,18)19/h5-6,10,15H,7H2,1-4H3,(H,16,17)(H2,14,18,19). The van der Waals surface area contributed by atoms with Crippen molar-refractivity contribution in [3.63, 3.8) is 0 Å².